The third-order valence-electron chi connectivity index (χ3n) is 3.38. The quantitative estimate of drug-likeness (QED) is 0.804. The maximum absolute atomic E-state index is 5.51. The van der Waals surface area contributed by atoms with E-state index in [0.717, 1.165) is 17.3 Å². The first-order valence-corrected chi connectivity index (χ1v) is 6.84. The van der Waals surface area contributed by atoms with Crippen LogP contribution >= 0.6 is 12.2 Å². The molecule has 3 heteroatoms. The lowest BCUT2D eigenvalue weighted by atomic mass is 10.0. The Labute approximate surface area is 109 Å². The Morgan fingerprint density at radius 2 is 2.12 bits per heavy atom. The van der Waals surface area contributed by atoms with Crippen molar-refractivity contribution in [1.29, 1.82) is 0 Å². The highest BCUT2D eigenvalue weighted by atomic mass is 32.1. The minimum Gasteiger partial charge on any atom is -0.346 e. The van der Waals surface area contributed by atoms with Gasteiger partial charge in [-0.1, -0.05) is 25.1 Å². The van der Waals surface area contributed by atoms with Crippen LogP contribution in [0.3, 0.4) is 0 Å². The molecule has 0 aromatic heterocycles. The molecule has 1 atom stereocenters. The van der Waals surface area contributed by atoms with Crippen molar-refractivity contribution in [3.05, 3.63) is 30.3 Å². The van der Waals surface area contributed by atoms with Gasteiger partial charge in [-0.05, 0) is 50.0 Å². The SMILES string of the molecule is CCC1CCCCN1C(=S)Nc1ccccc1. The number of para-hydroxylation sites is 1. The second-order valence-electron chi connectivity index (χ2n) is 4.55. The van der Waals surface area contributed by atoms with Crippen LogP contribution in [0.1, 0.15) is 32.6 Å². The Kier molecular flexibility index (Phi) is 4.37. The highest BCUT2D eigenvalue weighted by molar-refractivity contribution is 7.80. The van der Waals surface area contributed by atoms with Gasteiger partial charge < -0.3 is 10.2 Å². The van der Waals surface area contributed by atoms with Gasteiger partial charge in [-0.3, -0.25) is 0 Å². The van der Waals surface area contributed by atoms with Gasteiger partial charge in [-0.2, -0.15) is 0 Å². The number of rotatable bonds is 2. The fourth-order valence-corrected chi connectivity index (χ4v) is 2.77. The highest BCUT2D eigenvalue weighted by Crippen LogP contribution is 2.20. The van der Waals surface area contributed by atoms with E-state index in [4.69, 9.17) is 12.2 Å². The number of hydrogen-bond donors (Lipinski definition) is 1. The molecular formula is C14H20N2S. The number of piperidine rings is 1. The first-order chi connectivity index (χ1) is 8.31. The normalized spacial score (nSPS) is 20.1. The van der Waals surface area contributed by atoms with Crippen LogP contribution in [0.15, 0.2) is 30.3 Å². The molecule has 0 amide bonds. The number of nitrogens with zero attached hydrogens (tertiary/aromatic N) is 1. The summed E-state index contributed by atoms with van der Waals surface area (Å²) >= 11 is 5.51. The van der Waals surface area contributed by atoms with Crippen molar-refractivity contribution in [2.45, 2.75) is 38.6 Å². The average Bonchev–Trinajstić information content (AvgIpc) is 2.40. The summed E-state index contributed by atoms with van der Waals surface area (Å²) in [5.74, 6) is 0. The first kappa shape index (κ1) is 12.4. The fraction of sp³-hybridized carbons (Fsp3) is 0.500. The van der Waals surface area contributed by atoms with Crippen LogP contribution in [0.5, 0.6) is 0 Å². The fourth-order valence-electron chi connectivity index (χ4n) is 2.41. The van der Waals surface area contributed by atoms with Gasteiger partial charge in [0.05, 0.1) is 0 Å². The van der Waals surface area contributed by atoms with Crippen LogP contribution in [0.4, 0.5) is 5.69 Å². The number of anilines is 1. The van der Waals surface area contributed by atoms with E-state index in [1.807, 2.05) is 18.2 Å². The number of likely N-dealkylation sites (tertiary alicyclic amines) is 1. The van der Waals surface area contributed by atoms with Crippen LogP contribution in [-0.4, -0.2) is 22.6 Å². The van der Waals surface area contributed by atoms with Crippen molar-refractivity contribution in [1.82, 2.24) is 4.90 Å². The number of hydrogen-bond acceptors (Lipinski definition) is 1. The Balaban J connectivity index is 1.99. The average molecular weight is 248 g/mol. The van der Waals surface area contributed by atoms with E-state index in [1.165, 1.54) is 25.7 Å². The highest BCUT2D eigenvalue weighted by Gasteiger charge is 2.22. The zero-order valence-corrected chi connectivity index (χ0v) is 11.2. The van der Waals surface area contributed by atoms with E-state index in [1.54, 1.807) is 0 Å². The Morgan fingerprint density at radius 3 is 2.82 bits per heavy atom. The molecule has 1 heterocycles. The molecule has 1 N–H and O–H groups in total. The zero-order chi connectivity index (χ0) is 12.1. The summed E-state index contributed by atoms with van der Waals surface area (Å²) in [4.78, 5) is 2.35. The lowest BCUT2D eigenvalue weighted by Crippen LogP contribution is -2.45. The molecular weight excluding hydrogens is 228 g/mol. The van der Waals surface area contributed by atoms with E-state index in [9.17, 15) is 0 Å². The maximum Gasteiger partial charge on any atom is 0.173 e. The van der Waals surface area contributed by atoms with Gasteiger partial charge in [0.25, 0.3) is 0 Å². The van der Waals surface area contributed by atoms with Crippen molar-refractivity contribution < 1.29 is 0 Å². The minimum absolute atomic E-state index is 0.618. The second-order valence-corrected chi connectivity index (χ2v) is 4.93. The molecule has 2 nitrogen and oxygen atoms in total. The molecule has 0 radical (unpaired) electrons. The minimum atomic E-state index is 0.618. The molecule has 0 spiro atoms. The Bertz CT molecular complexity index is 364. The lowest BCUT2D eigenvalue weighted by molar-refractivity contribution is 0.239. The molecule has 0 aliphatic carbocycles. The number of benzene rings is 1. The van der Waals surface area contributed by atoms with Crippen LogP contribution in [0.25, 0.3) is 0 Å². The summed E-state index contributed by atoms with van der Waals surface area (Å²) < 4.78 is 0. The number of thiocarbonyl (C=S) groups is 1. The van der Waals surface area contributed by atoms with Gasteiger partial charge in [-0.15, -0.1) is 0 Å². The summed E-state index contributed by atoms with van der Waals surface area (Å²) in [6.45, 7) is 3.34. The zero-order valence-electron chi connectivity index (χ0n) is 10.4. The van der Waals surface area contributed by atoms with Gasteiger partial charge in [0.15, 0.2) is 5.11 Å². The molecule has 2 rings (SSSR count). The van der Waals surface area contributed by atoms with Crippen molar-refractivity contribution in [3.63, 3.8) is 0 Å². The van der Waals surface area contributed by atoms with Crippen molar-refractivity contribution >= 4 is 23.0 Å². The van der Waals surface area contributed by atoms with E-state index in [0.29, 0.717) is 6.04 Å². The molecule has 1 unspecified atom stereocenters. The molecule has 17 heavy (non-hydrogen) atoms. The summed E-state index contributed by atoms with van der Waals surface area (Å²) in [5.41, 5.74) is 1.08. The molecule has 1 aromatic carbocycles. The smallest absolute Gasteiger partial charge is 0.173 e. The second kappa shape index (κ2) is 6.01. The van der Waals surface area contributed by atoms with Crippen LogP contribution < -0.4 is 5.32 Å². The van der Waals surface area contributed by atoms with E-state index >= 15 is 0 Å². The van der Waals surface area contributed by atoms with Crippen LogP contribution in [-0.2, 0) is 0 Å². The van der Waals surface area contributed by atoms with Gasteiger partial charge in [0.2, 0.25) is 0 Å². The van der Waals surface area contributed by atoms with Crippen molar-refractivity contribution in [2.24, 2.45) is 0 Å². The van der Waals surface area contributed by atoms with Gasteiger partial charge in [0, 0.05) is 18.3 Å². The summed E-state index contributed by atoms with van der Waals surface area (Å²) in [7, 11) is 0. The molecule has 1 fully saturated rings. The Hall–Kier alpha value is -1.09. The van der Waals surface area contributed by atoms with E-state index in [-0.39, 0.29) is 0 Å². The van der Waals surface area contributed by atoms with E-state index in [2.05, 4.69) is 29.3 Å². The molecule has 0 saturated carbocycles. The predicted molar refractivity (Wildman–Crippen MR) is 77.3 cm³/mol. The maximum atomic E-state index is 5.51. The first-order valence-electron chi connectivity index (χ1n) is 6.44. The van der Waals surface area contributed by atoms with Crippen LogP contribution in [0.2, 0.25) is 0 Å². The van der Waals surface area contributed by atoms with E-state index < -0.39 is 0 Å². The van der Waals surface area contributed by atoms with Gasteiger partial charge >= 0.3 is 0 Å². The molecule has 1 aliphatic heterocycles. The third kappa shape index (κ3) is 3.19. The monoisotopic (exact) mass is 248 g/mol. The largest absolute Gasteiger partial charge is 0.346 e. The summed E-state index contributed by atoms with van der Waals surface area (Å²) in [6, 6.07) is 10.8. The Morgan fingerprint density at radius 1 is 1.35 bits per heavy atom. The summed E-state index contributed by atoms with van der Waals surface area (Å²) in [5, 5.41) is 4.21. The molecule has 1 aromatic rings. The van der Waals surface area contributed by atoms with Gasteiger partial charge in [0.1, 0.15) is 0 Å². The van der Waals surface area contributed by atoms with Crippen molar-refractivity contribution in [3.8, 4) is 0 Å². The van der Waals surface area contributed by atoms with Crippen molar-refractivity contribution in [2.75, 3.05) is 11.9 Å². The number of nitrogens with one attached hydrogen (secondary N) is 1. The van der Waals surface area contributed by atoms with Crippen LogP contribution in [0, 0.1) is 0 Å². The van der Waals surface area contributed by atoms with Gasteiger partial charge in [-0.25, -0.2) is 0 Å². The molecule has 1 aliphatic rings. The third-order valence-corrected chi connectivity index (χ3v) is 3.72. The molecule has 0 bridgehead atoms. The molecule has 1 saturated heterocycles. The lowest BCUT2D eigenvalue weighted by Gasteiger charge is -2.37. The summed E-state index contributed by atoms with van der Waals surface area (Å²) in [6.07, 6.45) is 5.04. The topological polar surface area (TPSA) is 15.3 Å². The molecule has 92 valence electrons. The standard InChI is InChI=1S/C14H20N2S/c1-2-13-10-6-7-11-16(13)14(17)15-12-8-4-3-5-9-12/h3-5,8-9,13H,2,6-7,10-11H2,1H3,(H,15,17). The predicted octanol–water partition coefficient (Wildman–Crippen LogP) is 3.65.